The Labute approximate surface area is 130 Å². The van der Waals surface area contributed by atoms with Crippen LogP contribution in [0.5, 0.6) is 0 Å². The fraction of sp³-hybridized carbons (Fsp3) is 0.133. The Bertz CT molecular complexity index is 542. The number of carbonyl (C=O) groups is 1. The lowest BCUT2D eigenvalue weighted by atomic mass is 10.3. The second-order valence-electron chi connectivity index (χ2n) is 4.42. The number of hydrogen-bond donors (Lipinski definition) is 3. The van der Waals surface area contributed by atoms with Crippen LogP contribution in [-0.4, -0.2) is 28.8 Å². The van der Waals surface area contributed by atoms with Gasteiger partial charge in [-0.1, -0.05) is 36.4 Å². The molecule has 4 nitrogen and oxygen atoms in total. The molecule has 0 spiro atoms. The second-order valence-corrected chi connectivity index (χ2v) is 7.35. The minimum atomic E-state index is -1.10. The topological polar surface area (TPSA) is 62.0 Å². The fourth-order valence-corrected chi connectivity index (χ4v) is 5.03. The first kappa shape index (κ1) is 16.0. The van der Waals surface area contributed by atoms with Crippen molar-refractivity contribution in [1.29, 1.82) is 0 Å². The molecule has 0 aliphatic rings. The quantitative estimate of drug-likeness (QED) is 0.511. The third-order valence-electron chi connectivity index (χ3n) is 3.03. The summed E-state index contributed by atoms with van der Waals surface area (Å²) in [5.74, 6) is -1.08. The summed E-state index contributed by atoms with van der Waals surface area (Å²) in [6.45, 7) is -0.479. The zero-order valence-electron chi connectivity index (χ0n) is 11.2. The lowest BCUT2D eigenvalue weighted by molar-refractivity contribution is -0.630. The van der Waals surface area contributed by atoms with Crippen LogP contribution in [0.2, 0.25) is 0 Å². The van der Waals surface area contributed by atoms with Crippen molar-refractivity contribution in [2.45, 2.75) is 6.04 Å². The van der Waals surface area contributed by atoms with Gasteiger partial charge in [-0.15, -0.1) is 0 Å². The standard InChI is InChI=1S/C15H16NO3PS/c17-11-14(15(18)19)16(21)20(12-7-3-1-4-8-12)13-9-5-2-6-10-13/h1-10,14,16-17H,11H2,(H,18,19)/t14-/m0/s1. The molecule has 0 saturated heterocycles. The highest BCUT2D eigenvalue weighted by molar-refractivity contribution is 7.73. The van der Waals surface area contributed by atoms with E-state index >= 15 is 0 Å². The van der Waals surface area contributed by atoms with Crippen molar-refractivity contribution in [2.75, 3.05) is 6.61 Å². The average Bonchev–Trinajstić information content (AvgIpc) is 2.50. The molecular weight excluding hydrogens is 305 g/mol. The van der Waals surface area contributed by atoms with Crippen LogP contribution in [0.25, 0.3) is 0 Å². The molecule has 0 amide bonds. The van der Waals surface area contributed by atoms with Gasteiger partial charge in [0.2, 0.25) is 0 Å². The highest BCUT2D eigenvalue weighted by Gasteiger charge is 2.30. The molecule has 0 fully saturated rings. The molecule has 0 aliphatic carbocycles. The van der Waals surface area contributed by atoms with Gasteiger partial charge in [0.1, 0.15) is 14.7 Å². The maximum atomic E-state index is 11.3. The number of aliphatic hydroxyl groups is 1. The summed E-state index contributed by atoms with van der Waals surface area (Å²) in [6.07, 6.45) is 0. The molecule has 2 aromatic rings. The molecule has 6 heteroatoms. The molecule has 0 radical (unpaired) electrons. The van der Waals surface area contributed by atoms with E-state index in [-0.39, 0.29) is 0 Å². The SMILES string of the molecule is O=C(O)[C@H](CO)[NH+]([S-])P(c1ccccc1)c1ccccc1. The summed E-state index contributed by atoms with van der Waals surface area (Å²) in [5, 5.41) is 20.6. The molecule has 0 aromatic heterocycles. The Balaban J connectivity index is 2.44. The number of nitrogens with one attached hydrogen (secondary N) is 1. The number of quaternary nitrogens is 1. The Hall–Kier alpha value is -1.39. The predicted octanol–water partition coefficient (Wildman–Crippen LogP) is -0.173. The molecule has 2 aromatic carbocycles. The number of aliphatic carboxylic acids is 1. The molecule has 0 heterocycles. The highest BCUT2D eigenvalue weighted by Crippen LogP contribution is 2.23. The van der Waals surface area contributed by atoms with Crippen LogP contribution in [0, 0.1) is 0 Å². The molecule has 0 aliphatic heterocycles. The first-order valence-electron chi connectivity index (χ1n) is 6.43. The van der Waals surface area contributed by atoms with Crippen LogP contribution < -0.4 is 14.7 Å². The smallest absolute Gasteiger partial charge is 0.363 e. The van der Waals surface area contributed by atoms with Crippen molar-refractivity contribution >= 4 is 37.5 Å². The van der Waals surface area contributed by atoms with E-state index in [1.54, 1.807) is 0 Å². The molecule has 2 atom stereocenters. The summed E-state index contributed by atoms with van der Waals surface area (Å²) in [5.41, 5.74) is 0. The zero-order chi connectivity index (χ0) is 15.2. The average molecular weight is 321 g/mol. The van der Waals surface area contributed by atoms with Crippen LogP contribution in [0.15, 0.2) is 60.7 Å². The van der Waals surface area contributed by atoms with E-state index in [9.17, 15) is 15.0 Å². The van der Waals surface area contributed by atoms with Gasteiger partial charge in [-0.3, -0.25) is 0 Å². The van der Waals surface area contributed by atoms with E-state index in [1.807, 2.05) is 60.7 Å². The van der Waals surface area contributed by atoms with Crippen molar-refractivity contribution in [2.24, 2.45) is 0 Å². The molecule has 0 saturated carbocycles. The first-order chi connectivity index (χ1) is 10.1. The number of rotatable bonds is 6. The van der Waals surface area contributed by atoms with Crippen molar-refractivity contribution in [3.05, 3.63) is 60.7 Å². The van der Waals surface area contributed by atoms with Crippen molar-refractivity contribution < 1.29 is 19.1 Å². The van der Waals surface area contributed by atoms with Gasteiger partial charge in [-0.05, 0) is 24.3 Å². The Morgan fingerprint density at radius 3 is 1.81 bits per heavy atom. The highest BCUT2D eigenvalue weighted by atomic mass is 32.1. The second kappa shape index (κ2) is 7.57. The van der Waals surface area contributed by atoms with E-state index in [2.05, 4.69) is 0 Å². The minimum absolute atomic E-state index is 0.386. The summed E-state index contributed by atoms with van der Waals surface area (Å²) >= 11 is 5.42. The van der Waals surface area contributed by atoms with E-state index in [0.29, 0.717) is 4.08 Å². The van der Waals surface area contributed by atoms with E-state index in [1.165, 1.54) is 0 Å². The summed E-state index contributed by atoms with van der Waals surface area (Å²) in [6, 6.07) is 18.2. The van der Waals surface area contributed by atoms with Crippen LogP contribution >= 0.6 is 8.07 Å². The minimum Gasteiger partial charge on any atom is -0.493 e. The Morgan fingerprint density at radius 1 is 1.05 bits per heavy atom. The normalized spacial score (nSPS) is 13.9. The number of aliphatic hydroxyl groups excluding tert-OH is 1. The maximum absolute atomic E-state index is 11.3. The van der Waals surface area contributed by atoms with Crippen LogP contribution in [0.1, 0.15) is 0 Å². The molecule has 1 unspecified atom stereocenters. The van der Waals surface area contributed by atoms with Gasteiger partial charge in [-0.25, -0.2) is 4.79 Å². The number of carboxylic acid groups (broad SMARTS) is 1. The fourth-order valence-electron chi connectivity index (χ4n) is 1.98. The predicted molar refractivity (Wildman–Crippen MR) is 85.9 cm³/mol. The van der Waals surface area contributed by atoms with E-state index < -0.39 is 26.7 Å². The Morgan fingerprint density at radius 2 is 1.48 bits per heavy atom. The van der Waals surface area contributed by atoms with Crippen LogP contribution in [0.3, 0.4) is 0 Å². The van der Waals surface area contributed by atoms with Gasteiger partial charge in [0.25, 0.3) is 0 Å². The van der Waals surface area contributed by atoms with Crippen LogP contribution in [0.4, 0.5) is 0 Å². The molecule has 0 bridgehead atoms. The molecule has 2 rings (SSSR count). The third-order valence-corrected chi connectivity index (χ3v) is 6.24. The largest absolute Gasteiger partial charge is 0.493 e. The lowest BCUT2D eigenvalue weighted by Crippen LogP contribution is -3.09. The van der Waals surface area contributed by atoms with Gasteiger partial charge in [0, 0.05) is 10.6 Å². The van der Waals surface area contributed by atoms with E-state index in [0.717, 1.165) is 10.6 Å². The molecule has 110 valence electrons. The van der Waals surface area contributed by atoms with Crippen LogP contribution in [-0.2, 0) is 17.6 Å². The number of hydrogen-bond acceptors (Lipinski definition) is 3. The first-order valence-corrected chi connectivity index (χ1v) is 8.18. The summed E-state index contributed by atoms with van der Waals surface area (Å²) in [4.78, 5) is 11.3. The van der Waals surface area contributed by atoms with Gasteiger partial charge < -0.3 is 27.1 Å². The Kier molecular flexibility index (Phi) is 5.76. The van der Waals surface area contributed by atoms with Gasteiger partial charge in [0.05, 0.1) is 0 Å². The van der Waals surface area contributed by atoms with Crippen molar-refractivity contribution in [1.82, 2.24) is 0 Å². The summed E-state index contributed by atoms with van der Waals surface area (Å²) in [7, 11) is -1.10. The lowest BCUT2D eigenvalue weighted by Gasteiger charge is -2.36. The number of carboxylic acids is 1. The monoisotopic (exact) mass is 321 g/mol. The molecule has 3 N–H and O–H groups in total. The zero-order valence-corrected chi connectivity index (χ0v) is 12.9. The summed E-state index contributed by atoms with van der Waals surface area (Å²) < 4.78 is 0.386. The maximum Gasteiger partial charge on any atom is 0.363 e. The molecular formula is C15H16NO3PS. The number of benzene rings is 2. The van der Waals surface area contributed by atoms with E-state index in [4.69, 9.17) is 12.8 Å². The van der Waals surface area contributed by atoms with Crippen molar-refractivity contribution in [3.8, 4) is 0 Å². The molecule has 21 heavy (non-hydrogen) atoms. The third kappa shape index (κ3) is 3.83. The van der Waals surface area contributed by atoms with Gasteiger partial charge in [-0.2, -0.15) is 0 Å². The van der Waals surface area contributed by atoms with Gasteiger partial charge >= 0.3 is 5.97 Å². The van der Waals surface area contributed by atoms with Gasteiger partial charge in [0.15, 0.2) is 6.04 Å². The van der Waals surface area contributed by atoms with Crippen molar-refractivity contribution in [3.63, 3.8) is 0 Å².